The van der Waals surface area contributed by atoms with Gasteiger partial charge in [0.05, 0.1) is 6.10 Å². The molecule has 0 spiro atoms. The summed E-state index contributed by atoms with van der Waals surface area (Å²) in [5.41, 5.74) is 0. The van der Waals surface area contributed by atoms with Gasteiger partial charge in [0, 0.05) is 19.3 Å². The minimum atomic E-state index is -0.512. The molecule has 94 valence electrons. The first-order valence-corrected chi connectivity index (χ1v) is 5.90. The third kappa shape index (κ3) is 3.68. The molecule has 0 radical (unpaired) electrons. The summed E-state index contributed by atoms with van der Waals surface area (Å²) < 4.78 is 23.5. The van der Waals surface area contributed by atoms with Crippen LogP contribution in [0.25, 0.3) is 0 Å². The van der Waals surface area contributed by atoms with Crippen LogP contribution in [0.15, 0.2) is 24.3 Å². The highest BCUT2D eigenvalue weighted by atomic mass is 19.1. The lowest BCUT2D eigenvalue weighted by Gasteiger charge is -2.26. The van der Waals surface area contributed by atoms with Gasteiger partial charge < -0.3 is 14.6 Å². The van der Waals surface area contributed by atoms with Gasteiger partial charge in [0.2, 0.25) is 0 Å². The Hall–Kier alpha value is -1.13. The van der Waals surface area contributed by atoms with Crippen LogP contribution in [-0.2, 0) is 4.74 Å². The van der Waals surface area contributed by atoms with E-state index in [-0.39, 0.29) is 18.3 Å². The molecule has 1 aromatic rings. The van der Waals surface area contributed by atoms with E-state index in [0.717, 1.165) is 12.8 Å². The average molecular weight is 240 g/mol. The molecule has 1 atom stereocenters. The van der Waals surface area contributed by atoms with E-state index in [1.807, 2.05) is 0 Å². The number of aliphatic hydroxyl groups is 1. The Morgan fingerprint density at radius 3 is 2.88 bits per heavy atom. The summed E-state index contributed by atoms with van der Waals surface area (Å²) in [5.74, 6) is 0.344. The predicted molar refractivity (Wildman–Crippen MR) is 61.4 cm³/mol. The van der Waals surface area contributed by atoms with Crippen LogP contribution >= 0.6 is 0 Å². The van der Waals surface area contributed by atoms with Gasteiger partial charge in [-0.25, -0.2) is 4.39 Å². The van der Waals surface area contributed by atoms with Crippen molar-refractivity contribution in [1.29, 1.82) is 0 Å². The van der Waals surface area contributed by atoms with Gasteiger partial charge in [0.15, 0.2) is 0 Å². The largest absolute Gasteiger partial charge is 0.491 e. The second-order valence-corrected chi connectivity index (χ2v) is 4.29. The molecule has 2 rings (SSSR count). The Bertz CT molecular complexity index is 350. The fourth-order valence-corrected chi connectivity index (χ4v) is 1.98. The van der Waals surface area contributed by atoms with E-state index in [2.05, 4.69) is 0 Å². The fourth-order valence-electron chi connectivity index (χ4n) is 1.98. The number of hydrogen-bond donors (Lipinski definition) is 1. The van der Waals surface area contributed by atoms with E-state index in [9.17, 15) is 9.50 Å². The van der Waals surface area contributed by atoms with Crippen LogP contribution in [0, 0.1) is 11.7 Å². The van der Waals surface area contributed by atoms with Crippen LogP contribution in [0.4, 0.5) is 4.39 Å². The first-order chi connectivity index (χ1) is 8.25. The molecule has 1 unspecified atom stereocenters. The molecule has 1 fully saturated rings. The topological polar surface area (TPSA) is 38.7 Å². The van der Waals surface area contributed by atoms with Crippen LogP contribution in [0.3, 0.4) is 0 Å². The summed E-state index contributed by atoms with van der Waals surface area (Å²) >= 11 is 0. The van der Waals surface area contributed by atoms with Gasteiger partial charge in [-0.1, -0.05) is 6.07 Å². The molecule has 1 aromatic carbocycles. The second-order valence-electron chi connectivity index (χ2n) is 4.29. The SMILES string of the molecule is OC(COc1cccc(F)c1)C1CCOCC1. The smallest absolute Gasteiger partial charge is 0.126 e. The molecule has 0 saturated carbocycles. The molecule has 1 aliphatic rings. The van der Waals surface area contributed by atoms with E-state index >= 15 is 0 Å². The fraction of sp³-hybridized carbons (Fsp3) is 0.538. The van der Waals surface area contributed by atoms with Crippen molar-refractivity contribution < 1.29 is 19.0 Å². The summed E-state index contributed by atoms with van der Waals surface area (Å²) in [5, 5.41) is 9.93. The molecule has 0 aromatic heterocycles. The monoisotopic (exact) mass is 240 g/mol. The zero-order valence-electron chi connectivity index (χ0n) is 9.64. The van der Waals surface area contributed by atoms with E-state index in [1.165, 1.54) is 12.1 Å². The number of hydrogen-bond acceptors (Lipinski definition) is 3. The van der Waals surface area contributed by atoms with Crippen molar-refractivity contribution in [1.82, 2.24) is 0 Å². The van der Waals surface area contributed by atoms with Gasteiger partial charge in [-0.3, -0.25) is 0 Å². The second kappa shape index (κ2) is 5.98. The summed E-state index contributed by atoms with van der Waals surface area (Å²) in [4.78, 5) is 0. The highest BCUT2D eigenvalue weighted by molar-refractivity contribution is 5.22. The third-order valence-corrected chi connectivity index (χ3v) is 3.03. The minimum absolute atomic E-state index is 0.203. The summed E-state index contributed by atoms with van der Waals surface area (Å²) in [6, 6.07) is 5.95. The Morgan fingerprint density at radius 2 is 2.18 bits per heavy atom. The van der Waals surface area contributed by atoms with Crippen LogP contribution in [0.5, 0.6) is 5.75 Å². The zero-order chi connectivity index (χ0) is 12.1. The molecular weight excluding hydrogens is 223 g/mol. The van der Waals surface area contributed by atoms with Crippen molar-refractivity contribution in [2.75, 3.05) is 19.8 Å². The van der Waals surface area contributed by atoms with Crippen molar-refractivity contribution in [3.05, 3.63) is 30.1 Å². The van der Waals surface area contributed by atoms with Crippen molar-refractivity contribution in [3.63, 3.8) is 0 Å². The number of ether oxygens (including phenoxy) is 2. The Labute approximate surface area is 100 Å². The van der Waals surface area contributed by atoms with Crippen LogP contribution < -0.4 is 4.74 Å². The molecule has 1 N–H and O–H groups in total. The number of rotatable bonds is 4. The summed E-state index contributed by atoms with van der Waals surface area (Å²) in [7, 11) is 0. The van der Waals surface area contributed by atoms with Gasteiger partial charge in [0.1, 0.15) is 18.2 Å². The van der Waals surface area contributed by atoms with Crippen LogP contribution in [-0.4, -0.2) is 31.0 Å². The van der Waals surface area contributed by atoms with E-state index < -0.39 is 6.10 Å². The lowest BCUT2D eigenvalue weighted by molar-refractivity contribution is -0.0101. The molecule has 1 saturated heterocycles. The normalized spacial score (nSPS) is 18.9. The zero-order valence-corrected chi connectivity index (χ0v) is 9.64. The first-order valence-electron chi connectivity index (χ1n) is 5.90. The maximum absolute atomic E-state index is 12.9. The molecular formula is C13H17FO3. The number of halogens is 1. The van der Waals surface area contributed by atoms with E-state index in [1.54, 1.807) is 12.1 Å². The summed E-state index contributed by atoms with van der Waals surface area (Å²) in [6.07, 6.45) is 1.20. The quantitative estimate of drug-likeness (QED) is 0.874. The van der Waals surface area contributed by atoms with Crippen molar-refractivity contribution in [3.8, 4) is 5.75 Å². The van der Waals surface area contributed by atoms with Gasteiger partial charge in [-0.2, -0.15) is 0 Å². The van der Waals surface area contributed by atoms with E-state index in [0.29, 0.717) is 19.0 Å². The standard InChI is InChI=1S/C13H17FO3/c14-11-2-1-3-12(8-11)17-9-13(15)10-4-6-16-7-5-10/h1-3,8,10,13,15H,4-7,9H2. The van der Waals surface area contributed by atoms with Crippen molar-refractivity contribution in [2.45, 2.75) is 18.9 Å². The van der Waals surface area contributed by atoms with Crippen LogP contribution in [0.2, 0.25) is 0 Å². The highest BCUT2D eigenvalue weighted by Gasteiger charge is 2.22. The van der Waals surface area contributed by atoms with Crippen molar-refractivity contribution >= 4 is 0 Å². The Morgan fingerprint density at radius 1 is 1.41 bits per heavy atom. The number of benzene rings is 1. The summed E-state index contributed by atoms with van der Waals surface area (Å²) in [6.45, 7) is 1.59. The highest BCUT2D eigenvalue weighted by Crippen LogP contribution is 2.20. The lowest BCUT2D eigenvalue weighted by atomic mass is 9.94. The van der Waals surface area contributed by atoms with Crippen molar-refractivity contribution in [2.24, 2.45) is 5.92 Å². The molecule has 0 amide bonds. The third-order valence-electron chi connectivity index (χ3n) is 3.03. The molecule has 17 heavy (non-hydrogen) atoms. The maximum atomic E-state index is 12.9. The van der Waals surface area contributed by atoms with E-state index in [4.69, 9.17) is 9.47 Å². The van der Waals surface area contributed by atoms with Gasteiger partial charge in [-0.05, 0) is 30.9 Å². The molecule has 4 heteroatoms. The molecule has 0 bridgehead atoms. The minimum Gasteiger partial charge on any atom is -0.491 e. The number of aliphatic hydroxyl groups excluding tert-OH is 1. The molecule has 1 heterocycles. The Kier molecular flexibility index (Phi) is 4.34. The molecule has 3 nitrogen and oxygen atoms in total. The first kappa shape index (κ1) is 12.3. The van der Waals surface area contributed by atoms with Crippen LogP contribution in [0.1, 0.15) is 12.8 Å². The Balaban J connectivity index is 1.80. The lowest BCUT2D eigenvalue weighted by Crippen LogP contribution is -2.31. The molecule has 0 aliphatic carbocycles. The van der Waals surface area contributed by atoms with Gasteiger partial charge in [-0.15, -0.1) is 0 Å². The predicted octanol–water partition coefficient (Wildman–Crippen LogP) is 1.99. The maximum Gasteiger partial charge on any atom is 0.126 e. The molecule has 1 aliphatic heterocycles. The average Bonchev–Trinajstić information content (AvgIpc) is 2.37. The van der Waals surface area contributed by atoms with Gasteiger partial charge >= 0.3 is 0 Å². The van der Waals surface area contributed by atoms with Gasteiger partial charge in [0.25, 0.3) is 0 Å².